The lowest BCUT2D eigenvalue weighted by molar-refractivity contribution is -0.113. The molecule has 0 saturated carbocycles. The first kappa shape index (κ1) is 24.9. The highest BCUT2D eigenvalue weighted by molar-refractivity contribution is 8.00. The SMILES string of the molecule is CCCCOc1ccc(NC(=O)CSc2cccc(NC(=O)c3ccccc3C(=O)O)c2)cc1. The molecule has 0 fully saturated rings. The summed E-state index contributed by atoms with van der Waals surface area (Å²) in [4.78, 5) is 37.1. The third-order valence-electron chi connectivity index (χ3n) is 4.77. The molecule has 34 heavy (non-hydrogen) atoms. The second-order valence-corrected chi connectivity index (χ2v) is 8.44. The largest absolute Gasteiger partial charge is 0.494 e. The number of anilines is 2. The van der Waals surface area contributed by atoms with Crippen LogP contribution in [0.4, 0.5) is 11.4 Å². The van der Waals surface area contributed by atoms with Crippen molar-refractivity contribution >= 4 is 40.9 Å². The highest BCUT2D eigenvalue weighted by Gasteiger charge is 2.16. The Balaban J connectivity index is 1.53. The van der Waals surface area contributed by atoms with Gasteiger partial charge in [-0.05, 0) is 61.0 Å². The number of carboxylic acids is 1. The van der Waals surface area contributed by atoms with E-state index in [0.717, 1.165) is 23.5 Å². The first-order chi connectivity index (χ1) is 16.5. The van der Waals surface area contributed by atoms with Crippen LogP contribution < -0.4 is 15.4 Å². The predicted octanol–water partition coefficient (Wildman–Crippen LogP) is 5.55. The van der Waals surface area contributed by atoms with Gasteiger partial charge in [0, 0.05) is 16.3 Å². The van der Waals surface area contributed by atoms with Gasteiger partial charge in [-0.1, -0.05) is 31.5 Å². The van der Waals surface area contributed by atoms with E-state index in [9.17, 15) is 19.5 Å². The molecule has 0 atom stereocenters. The highest BCUT2D eigenvalue weighted by atomic mass is 32.2. The standard InChI is InChI=1S/C26H26N2O5S/c1-2-3-15-33-20-13-11-18(12-14-20)27-24(29)17-34-21-8-6-7-19(16-21)28-25(30)22-9-4-5-10-23(22)26(31)32/h4-14,16H,2-3,15,17H2,1H3,(H,27,29)(H,28,30)(H,31,32). The lowest BCUT2D eigenvalue weighted by Gasteiger charge is -2.10. The molecule has 3 aromatic rings. The van der Waals surface area contributed by atoms with Crippen LogP contribution >= 0.6 is 11.8 Å². The molecule has 0 heterocycles. The molecule has 0 radical (unpaired) electrons. The number of nitrogens with one attached hydrogen (secondary N) is 2. The van der Waals surface area contributed by atoms with Crippen LogP contribution in [0.5, 0.6) is 5.75 Å². The minimum Gasteiger partial charge on any atom is -0.494 e. The molecule has 0 saturated heterocycles. The molecule has 0 aliphatic heterocycles. The van der Waals surface area contributed by atoms with Gasteiger partial charge in [-0.3, -0.25) is 9.59 Å². The number of amides is 2. The first-order valence-electron chi connectivity index (χ1n) is 10.9. The Morgan fingerprint density at radius 2 is 1.62 bits per heavy atom. The molecule has 0 bridgehead atoms. The van der Waals surface area contributed by atoms with Crippen LogP contribution in [0.15, 0.2) is 77.7 Å². The Morgan fingerprint density at radius 3 is 2.32 bits per heavy atom. The zero-order valence-electron chi connectivity index (χ0n) is 18.7. The minimum atomic E-state index is -1.17. The molecule has 3 rings (SSSR count). The third kappa shape index (κ3) is 7.38. The Labute approximate surface area is 202 Å². The molecular weight excluding hydrogens is 452 g/mol. The van der Waals surface area contributed by atoms with Crippen molar-refractivity contribution in [2.24, 2.45) is 0 Å². The smallest absolute Gasteiger partial charge is 0.336 e. The number of thioether (sulfide) groups is 1. The van der Waals surface area contributed by atoms with E-state index in [-0.39, 0.29) is 22.8 Å². The third-order valence-corrected chi connectivity index (χ3v) is 5.76. The Hall–Kier alpha value is -3.78. The van der Waals surface area contributed by atoms with E-state index < -0.39 is 11.9 Å². The van der Waals surface area contributed by atoms with Crippen molar-refractivity contribution in [1.82, 2.24) is 0 Å². The number of hydrogen-bond acceptors (Lipinski definition) is 5. The molecular formula is C26H26N2O5S. The molecule has 176 valence electrons. The first-order valence-corrected chi connectivity index (χ1v) is 11.8. The van der Waals surface area contributed by atoms with Crippen molar-refractivity contribution in [3.8, 4) is 5.75 Å². The Kier molecular flexibility index (Phi) is 9.11. The summed E-state index contributed by atoms with van der Waals surface area (Å²) in [6, 6.07) is 20.3. The molecule has 0 aromatic heterocycles. The van der Waals surface area contributed by atoms with Gasteiger partial charge in [-0.15, -0.1) is 11.8 Å². The number of aromatic carboxylic acids is 1. The van der Waals surface area contributed by atoms with Crippen LogP contribution in [0, 0.1) is 0 Å². The van der Waals surface area contributed by atoms with Crippen LogP contribution in [-0.4, -0.2) is 35.2 Å². The highest BCUT2D eigenvalue weighted by Crippen LogP contribution is 2.23. The molecule has 7 nitrogen and oxygen atoms in total. The summed E-state index contributed by atoms with van der Waals surface area (Å²) in [5.41, 5.74) is 1.21. The number of ether oxygens (including phenoxy) is 1. The Bertz CT molecular complexity index is 1150. The second kappa shape index (κ2) is 12.5. The van der Waals surface area contributed by atoms with E-state index in [2.05, 4.69) is 17.6 Å². The summed E-state index contributed by atoms with van der Waals surface area (Å²) in [5.74, 6) is -0.881. The van der Waals surface area contributed by atoms with E-state index in [4.69, 9.17) is 4.74 Å². The number of benzene rings is 3. The average Bonchev–Trinajstić information content (AvgIpc) is 2.84. The van der Waals surface area contributed by atoms with Crippen molar-refractivity contribution in [1.29, 1.82) is 0 Å². The topological polar surface area (TPSA) is 105 Å². The van der Waals surface area contributed by atoms with Crippen LogP contribution in [-0.2, 0) is 4.79 Å². The molecule has 0 spiro atoms. The summed E-state index contributed by atoms with van der Waals surface area (Å²) in [6.45, 7) is 2.78. The summed E-state index contributed by atoms with van der Waals surface area (Å²) >= 11 is 1.33. The van der Waals surface area contributed by atoms with E-state index in [0.29, 0.717) is 18.0 Å². The Morgan fingerprint density at radius 1 is 0.882 bits per heavy atom. The van der Waals surface area contributed by atoms with Gasteiger partial charge in [-0.2, -0.15) is 0 Å². The zero-order chi connectivity index (χ0) is 24.3. The van der Waals surface area contributed by atoms with Gasteiger partial charge in [-0.25, -0.2) is 4.79 Å². The number of carbonyl (C=O) groups is 3. The summed E-state index contributed by atoms with van der Waals surface area (Å²) in [5, 5.41) is 14.9. The summed E-state index contributed by atoms with van der Waals surface area (Å²) in [6.07, 6.45) is 2.07. The van der Waals surface area contributed by atoms with Gasteiger partial charge in [0.2, 0.25) is 5.91 Å². The number of carboxylic acid groups (broad SMARTS) is 1. The summed E-state index contributed by atoms with van der Waals surface area (Å²) < 4.78 is 5.62. The zero-order valence-corrected chi connectivity index (χ0v) is 19.6. The molecule has 0 aliphatic carbocycles. The molecule has 3 N–H and O–H groups in total. The normalized spacial score (nSPS) is 10.4. The fourth-order valence-corrected chi connectivity index (χ4v) is 3.80. The predicted molar refractivity (Wildman–Crippen MR) is 134 cm³/mol. The van der Waals surface area contributed by atoms with Crippen LogP contribution in [0.3, 0.4) is 0 Å². The van der Waals surface area contributed by atoms with Gasteiger partial charge in [0.05, 0.1) is 23.5 Å². The maximum Gasteiger partial charge on any atom is 0.336 e. The fourth-order valence-electron chi connectivity index (χ4n) is 3.04. The van der Waals surface area contributed by atoms with Crippen molar-refractivity contribution in [2.45, 2.75) is 24.7 Å². The monoisotopic (exact) mass is 478 g/mol. The quantitative estimate of drug-likeness (QED) is 0.247. The minimum absolute atomic E-state index is 0.0669. The average molecular weight is 479 g/mol. The van der Waals surface area contributed by atoms with Gasteiger partial charge in [0.15, 0.2) is 0 Å². The molecule has 0 aliphatic rings. The number of unbranched alkanes of at least 4 members (excludes halogenated alkanes) is 1. The fraction of sp³-hybridized carbons (Fsp3) is 0.192. The lowest BCUT2D eigenvalue weighted by atomic mass is 10.1. The van der Waals surface area contributed by atoms with Gasteiger partial charge in [0.1, 0.15) is 5.75 Å². The second-order valence-electron chi connectivity index (χ2n) is 7.40. The van der Waals surface area contributed by atoms with Gasteiger partial charge >= 0.3 is 5.97 Å². The molecule has 8 heteroatoms. The van der Waals surface area contributed by atoms with E-state index in [1.807, 2.05) is 18.2 Å². The molecule has 3 aromatic carbocycles. The number of rotatable bonds is 11. The van der Waals surface area contributed by atoms with Crippen molar-refractivity contribution in [3.05, 3.63) is 83.9 Å². The van der Waals surface area contributed by atoms with Crippen molar-refractivity contribution in [3.63, 3.8) is 0 Å². The maximum absolute atomic E-state index is 12.6. The molecule has 0 unspecified atom stereocenters. The number of hydrogen-bond donors (Lipinski definition) is 3. The maximum atomic E-state index is 12.6. The van der Waals surface area contributed by atoms with E-state index in [1.165, 1.54) is 23.9 Å². The van der Waals surface area contributed by atoms with Gasteiger partial charge in [0.25, 0.3) is 5.91 Å². The summed E-state index contributed by atoms with van der Waals surface area (Å²) in [7, 11) is 0. The van der Waals surface area contributed by atoms with E-state index >= 15 is 0 Å². The van der Waals surface area contributed by atoms with Gasteiger partial charge < -0.3 is 20.5 Å². The lowest BCUT2D eigenvalue weighted by Crippen LogP contribution is -2.16. The number of carbonyl (C=O) groups excluding carboxylic acids is 2. The van der Waals surface area contributed by atoms with Crippen molar-refractivity contribution in [2.75, 3.05) is 23.0 Å². The van der Waals surface area contributed by atoms with E-state index in [1.54, 1.807) is 42.5 Å². The van der Waals surface area contributed by atoms with Crippen LogP contribution in [0.25, 0.3) is 0 Å². The van der Waals surface area contributed by atoms with Crippen LogP contribution in [0.1, 0.15) is 40.5 Å². The molecule has 2 amide bonds. The van der Waals surface area contributed by atoms with Crippen molar-refractivity contribution < 1.29 is 24.2 Å². The van der Waals surface area contributed by atoms with Crippen LogP contribution in [0.2, 0.25) is 0 Å².